The Hall–Kier alpha value is -7.34. The van der Waals surface area contributed by atoms with Crippen molar-refractivity contribution >= 4 is 17.9 Å². The Morgan fingerprint density at radius 1 is 0.438 bits per heavy atom. The average molecular weight is 1100 g/mol. The molecule has 1 aliphatic heterocycles. The fraction of sp³-hybridized carbons (Fsp3) is 0.433. The topological polar surface area (TPSA) is 201 Å². The number of nitrogens with zero attached hydrogens (tertiary/aromatic N) is 6. The first-order chi connectivity index (χ1) is 39.1. The van der Waals surface area contributed by atoms with E-state index in [9.17, 15) is 14.4 Å². The number of ether oxygens (including phenoxy) is 11. The van der Waals surface area contributed by atoms with E-state index in [4.69, 9.17) is 67.1 Å². The molecule has 0 saturated carbocycles. The molecule has 0 N–H and O–H groups in total. The zero-order valence-corrected chi connectivity index (χ0v) is 46.4. The Labute approximate surface area is 468 Å². The van der Waals surface area contributed by atoms with Gasteiger partial charge in [-0.25, -0.2) is 19.6 Å². The number of pyridine rings is 3. The molecule has 5 aromatic rings. The van der Waals surface area contributed by atoms with Crippen molar-refractivity contribution in [1.82, 2.24) is 29.7 Å². The van der Waals surface area contributed by atoms with Crippen LogP contribution in [0.4, 0.5) is 0 Å². The predicted octanol–water partition coefficient (Wildman–Crippen LogP) is 4.85. The lowest BCUT2D eigenvalue weighted by molar-refractivity contribution is -0.142. The molecular weight excluding hydrogens is 1030 g/mol. The molecule has 426 valence electrons. The summed E-state index contributed by atoms with van der Waals surface area (Å²) in [6.07, 6.45) is 0. The van der Waals surface area contributed by atoms with Crippen LogP contribution in [0.15, 0.2) is 91.0 Å². The van der Waals surface area contributed by atoms with Gasteiger partial charge in [0.05, 0.1) is 117 Å². The summed E-state index contributed by atoms with van der Waals surface area (Å²) in [4.78, 5) is 59.7. The highest BCUT2D eigenvalue weighted by Gasteiger charge is 2.21. The molecule has 80 heavy (non-hydrogen) atoms. The van der Waals surface area contributed by atoms with E-state index in [0.717, 1.165) is 22.5 Å². The molecule has 1 aliphatic rings. The van der Waals surface area contributed by atoms with E-state index in [2.05, 4.69) is 33.5 Å². The van der Waals surface area contributed by atoms with Crippen LogP contribution in [0.1, 0.15) is 66.0 Å². The van der Waals surface area contributed by atoms with Crippen LogP contribution < -0.4 is 9.47 Å². The number of benzene rings is 2. The Kier molecular flexibility index (Phi) is 27.3. The molecule has 2 aromatic carbocycles. The predicted molar refractivity (Wildman–Crippen MR) is 295 cm³/mol. The maximum atomic E-state index is 13.0. The SMILES string of the molecule is COCCOCCOCCOc1ccc(C#Cc2cc(CN3CCN(CC(=O)OC)CCN(Cc4cc(C#Cc5ccc(OCCOCCOCCOC)cc5)cc(C(=O)OC)n4)Cc4cccc(n4)C3)nc(C(=O)OC)c2)cc1. The van der Waals surface area contributed by atoms with E-state index in [-0.39, 0.29) is 23.9 Å². The summed E-state index contributed by atoms with van der Waals surface area (Å²) >= 11 is 0. The van der Waals surface area contributed by atoms with Crippen LogP contribution >= 0.6 is 0 Å². The third-order valence-electron chi connectivity index (χ3n) is 12.0. The number of aromatic nitrogens is 3. The van der Waals surface area contributed by atoms with E-state index in [1.807, 2.05) is 83.8 Å². The summed E-state index contributed by atoms with van der Waals surface area (Å²) in [6, 6.07) is 27.7. The van der Waals surface area contributed by atoms with Crippen molar-refractivity contribution in [3.63, 3.8) is 0 Å². The Morgan fingerprint density at radius 2 is 0.825 bits per heavy atom. The molecule has 20 nitrogen and oxygen atoms in total. The largest absolute Gasteiger partial charge is 0.491 e. The number of hydrogen-bond acceptors (Lipinski definition) is 20. The normalized spacial score (nSPS) is 13.1. The van der Waals surface area contributed by atoms with Gasteiger partial charge in [-0.1, -0.05) is 29.7 Å². The van der Waals surface area contributed by atoms with Gasteiger partial charge in [0, 0.05) is 88.8 Å². The summed E-state index contributed by atoms with van der Waals surface area (Å²) in [7, 11) is 7.26. The first-order valence-electron chi connectivity index (χ1n) is 26.3. The van der Waals surface area contributed by atoms with Crippen molar-refractivity contribution in [2.24, 2.45) is 0 Å². The number of rotatable bonds is 28. The number of hydrogen-bond donors (Lipinski definition) is 0. The van der Waals surface area contributed by atoms with Crippen molar-refractivity contribution in [3.05, 3.63) is 147 Å². The zero-order chi connectivity index (χ0) is 56.6. The minimum atomic E-state index is -0.588. The molecular formula is C60H72N6O14. The third kappa shape index (κ3) is 22.8. The summed E-state index contributed by atoms with van der Waals surface area (Å²) in [6.45, 7) is 9.18. The second-order valence-corrected chi connectivity index (χ2v) is 18.0. The number of carbonyl (C=O) groups is 3. The first kappa shape index (κ1) is 61.9. The molecule has 6 rings (SSSR count). The van der Waals surface area contributed by atoms with Crippen molar-refractivity contribution in [1.29, 1.82) is 0 Å². The molecule has 0 aliphatic carbocycles. The van der Waals surface area contributed by atoms with E-state index in [0.29, 0.717) is 166 Å². The Bertz CT molecular complexity index is 2650. The van der Waals surface area contributed by atoms with Crippen LogP contribution in [-0.4, -0.2) is 195 Å². The number of esters is 3. The zero-order valence-electron chi connectivity index (χ0n) is 46.4. The highest BCUT2D eigenvalue weighted by atomic mass is 16.6. The highest BCUT2D eigenvalue weighted by Crippen LogP contribution is 2.18. The van der Waals surface area contributed by atoms with Crippen molar-refractivity contribution in [2.45, 2.75) is 26.2 Å². The maximum Gasteiger partial charge on any atom is 0.356 e. The summed E-state index contributed by atoms with van der Waals surface area (Å²) in [5.74, 6) is 12.6. The molecule has 0 unspecified atom stereocenters. The minimum Gasteiger partial charge on any atom is -0.491 e. The lowest BCUT2D eigenvalue weighted by Gasteiger charge is -2.30. The van der Waals surface area contributed by atoms with Crippen LogP contribution in [0, 0.1) is 23.7 Å². The van der Waals surface area contributed by atoms with Gasteiger partial charge in [0.15, 0.2) is 0 Å². The second-order valence-electron chi connectivity index (χ2n) is 18.0. The third-order valence-corrected chi connectivity index (χ3v) is 12.0. The number of carbonyl (C=O) groups excluding carboxylic acids is 3. The van der Waals surface area contributed by atoms with Gasteiger partial charge in [0.2, 0.25) is 0 Å². The minimum absolute atomic E-state index is 0.0497. The molecule has 4 heterocycles. The fourth-order valence-electron chi connectivity index (χ4n) is 7.96. The van der Waals surface area contributed by atoms with Crippen molar-refractivity contribution in [2.75, 3.05) is 148 Å². The Morgan fingerprint density at radius 3 is 1.23 bits per heavy atom. The molecule has 0 radical (unpaired) electrons. The van der Waals surface area contributed by atoms with Crippen LogP contribution in [0.25, 0.3) is 0 Å². The van der Waals surface area contributed by atoms with E-state index < -0.39 is 11.9 Å². The maximum absolute atomic E-state index is 13.0. The molecule has 0 atom stereocenters. The van der Waals surface area contributed by atoms with Gasteiger partial charge in [-0.05, 0) is 84.9 Å². The highest BCUT2D eigenvalue weighted by molar-refractivity contribution is 5.88. The molecule has 0 spiro atoms. The van der Waals surface area contributed by atoms with Crippen LogP contribution in [0.5, 0.6) is 11.5 Å². The first-order valence-corrected chi connectivity index (χ1v) is 26.3. The summed E-state index contributed by atoms with van der Waals surface area (Å²) < 4.78 is 58.9. The fourth-order valence-corrected chi connectivity index (χ4v) is 7.96. The second kappa shape index (κ2) is 35.3. The van der Waals surface area contributed by atoms with Gasteiger partial charge in [-0.3, -0.25) is 24.5 Å². The number of fused-ring (bicyclic) bond motifs is 2. The van der Waals surface area contributed by atoms with Gasteiger partial charge in [-0.15, -0.1) is 0 Å². The molecule has 20 heteroatoms. The molecule has 0 amide bonds. The van der Waals surface area contributed by atoms with E-state index in [1.54, 1.807) is 26.4 Å². The standard InChI is InChI=1S/C60H72N6O14/c1-70-25-27-75-29-31-77-33-35-79-54-17-13-46(14-18-54)9-11-48-37-52(62-56(39-48)59(68)73-4)43-65-23-21-64(45-58(67)72-3)22-24-66(42-51-8-6-7-50(41-65)61-51)44-53-38-49(40-57(63-53)60(69)74-5)12-10-47-15-19-55(20-16-47)80-36-34-78-32-30-76-28-26-71-2/h6-8,13-20,37-40H,21-36,41-45H2,1-5H3. The van der Waals surface area contributed by atoms with Gasteiger partial charge < -0.3 is 52.1 Å². The van der Waals surface area contributed by atoms with Crippen LogP contribution in [0.2, 0.25) is 0 Å². The van der Waals surface area contributed by atoms with Crippen LogP contribution in [0.3, 0.4) is 0 Å². The monoisotopic (exact) mass is 1100 g/mol. The van der Waals surface area contributed by atoms with Gasteiger partial charge >= 0.3 is 17.9 Å². The summed E-state index contributed by atoms with van der Waals surface area (Å²) in [5, 5.41) is 0. The summed E-state index contributed by atoms with van der Waals surface area (Å²) in [5.41, 5.74) is 5.73. The van der Waals surface area contributed by atoms with E-state index >= 15 is 0 Å². The smallest absolute Gasteiger partial charge is 0.356 e. The number of methoxy groups -OCH3 is 5. The Balaban J connectivity index is 1.14. The van der Waals surface area contributed by atoms with Crippen molar-refractivity contribution in [3.8, 4) is 35.2 Å². The average Bonchev–Trinajstić information content (AvgIpc) is 3.48. The van der Waals surface area contributed by atoms with Crippen molar-refractivity contribution < 1.29 is 66.5 Å². The molecule has 0 saturated heterocycles. The molecule has 3 aromatic heterocycles. The van der Waals surface area contributed by atoms with Gasteiger partial charge in [0.25, 0.3) is 0 Å². The molecule has 2 bridgehead atoms. The van der Waals surface area contributed by atoms with E-state index in [1.165, 1.54) is 21.3 Å². The van der Waals surface area contributed by atoms with Crippen LogP contribution in [-0.2, 0) is 73.6 Å². The lowest BCUT2D eigenvalue weighted by Crippen LogP contribution is -2.42. The quantitative estimate of drug-likeness (QED) is 0.0284. The van der Waals surface area contributed by atoms with Gasteiger partial charge in [-0.2, -0.15) is 0 Å². The lowest BCUT2D eigenvalue weighted by atomic mass is 10.1. The van der Waals surface area contributed by atoms with Gasteiger partial charge in [0.1, 0.15) is 36.1 Å². The molecule has 0 fully saturated rings.